The molecule has 0 N–H and O–H groups in total. The molecule has 39 heavy (non-hydrogen) atoms. The van der Waals surface area contributed by atoms with Crippen LogP contribution in [0.2, 0.25) is 0 Å². The van der Waals surface area contributed by atoms with Crippen molar-refractivity contribution in [1.82, 2.24) is 15.0 Å². The standard InChI is InChI=1S/C35H25N3S/c1-2-23-20-27(24-15-17-25(18-16-24)30-13-8-9-19-36-30)22-28(21-23)35-37-32(26-10-4-3-5-11-26)34-33(38-35)29-12-6-7-14-31(29)39-34/h3-22H,2H2,1H3. The van der Waals surface area contributed by atoms with E-state index in [1.807, 2.05) is 30.5 Å². The summed E-state index contributed by atoms with van der Waals surface area (Å²) in [5, 5.41) is 1.18. The fourth-order valence-corrected chi connectivity index (χ4v) is 6.22. The van der Waals surface area contributed by atoms with E-state index in [-0.39, 0.29) is 0 Å². The van der Waals surface area contributed by atoms with Gasteiger partial charge in [0.15, 0.2) is 5.82 Å². The van der Waals surface area contributed by atoms with Gasteiger partial charge in [0.2, 0.25) is 0 Å². The van der Waals surface area contributed by atoms with Gasteiger partial charge in [-0.25, -0.2) is 9.97 Å². The van der Waals surface area contributed by atoms with Gasteiger partial charge >= 0.3 is 0 Å². The molecule has 0 aliphatic heterocycles. The molecular formula is C35H25N3S. The molecule has 4 heteroatoms. The van der Waals surface area contributed by atoms with Gasteiger partial charge in [0, 0.05) is 33.0 Å². The zero-order valence-corrected chi connectivity index (χ0v) is 22.3. The van der Waals surface area contributed by atoms with E-state index in [0.29, 0.717) is 0 Å². The van der Waals surface area contributed by atoms with E-state index in [1.54, 1.807) is 11.3 Å². The van der Waals surface area contributed by atoms with Gasteiger partial charge in [0.05, 0.1) is 21.6 Å². The first kappa shape index (κ1) is 23.4. The van der Waals surface area contributed by atoms with Gasteiger partial charge < -0.3 is 0 Å². The summed E-state index contributed by atoms with van der Waals surface area (Å²) in [6.07, 6.45) is 2.76. The maximum atomic E-state index is 5.19. The molecule has 0 unspecified atom stereocenters. The number of hydrogen-bond acceptors (Lipinski definition) is 4. The minimum Gasteiger partial charge on any atom is -0.256 e. The Kier molecular flexibility index (Phi) is 5.95. The van der Waals surface area contributed by atoms with Gasteiger partial charge in [-0.1, -0.05) is 91.9 Å². The highest BCUT2D eigenvalue weighted by Gasteiger charge is 2.17. The average Bonchev–Trinajstić information content (AvgIpc) is 3.40. The zero-order valence-electron chi connectivity index (χ0n) is 21.5. The number of benzene rings is 4. The second-order valence-corrected chi connectivity index (χ2v) is 10.7. The molecular weight excluding hydrogens is 494 g/mol. The van der Waals surface area contributed by atoms with Crippen LogP contribution < -0.4 is 0 Å². The summed E-state index contributed by atoms with van der Waals surface area (Å²) in [4.78, 5) is 14.9. The lowest BCUT2D eigenvalue weighted by Crippen LogP contribution is -1.95. The van der Waals surface area contributed by atoms with Gasteiger partial charge in [-0.15, -0.1) is 11.3 Å². The van der Waals surface area contributed by atoms with Crippen LogP contribution in [0.5, 0.6) is 0 Å². The highest BCUT2D eigenvalue weighted by atomic mass is 32.1. The molecule has 7 aromatic rings. The van der Waals surface area contributed by atoms with Gasteiger partial charge in [0.25, 0.3) is 0 Å². The van der Waals surface area contributed by atoms with E-state index in [9.17, 15) is 0 Å². The van der Waals surface area contributed by atoms with E-state index < -0.39 is 0 Å². The predicted octanol–water partition coefficient (Wildman–Crippen LogP) is 9.47. The van der Waals surface area contributed by atoms with Gasteiger partial charge in [0.1, 0.15) is 0 Å². The first-order chi connectivity index (χ1) is 19.3. The lowest BCUT2D eigenvalue weighted by molar-refractivity contribution is 1.14. The van der Waals surface area contributed by atoms with Crippen molar-refractivity contribution in [1.29, 1.82) is 0 Å². The zero-order chi connectivity index (χ0) is 26.2. The van der Waals surface area contributed by atoms with Crippen LogP contribution >= 0.6 is 11.3 Å². The molecule has 0 spiro atoms. The first-order valence-corrected chi connectivity index (χ1v) is 14.0. The van der Waals surface area contributed by atoms with Crippen molar-refractivity contribution in [2.45, 2.75) is 13.3 Å². The van der Waals surface area contributed by atoms with Crippen LogP contribution in [-0.2, 0) is 6.42 Å². The Morgan fingerprint density at radius 2 is 1.36 bits per heavy atom. The molecule has 4 aromatic carbocycles. The number of thiophene rings is 1. The highest BCUT2D eigenvalue weighted by Crippen LogP contribution is 2.39. The Hall–Kier alpha value is -4.67. The number of pyridine rings is 1. The molecule has 0 radical (unpaired) electrons. The van der Waals surface area contributed by atoms with Crippen LogP contribution in [0.15, 0.2) is 121 Å². The van der Waals surface area contributed by atoms with E-state index >= 15 is 0 Å². The van der Waals surface area contributed by atoms with E-state index in [4.69, 9.17) is 9.97 Å². The van der Waals surface area contributed by atoms with Crippen molar-refractivity contribution < 1.29 is 0 Å². The Labute approximate surface area is 231 Å². The summed E-state index contributed by atoms with van der Waals surface area (Å²) in [6, 6.07) is 40.3. The van der Waals surface area contributed by atoms with Crippen molar-refractivity contribution >= 4 is 31.6 Å². The van der Waals surface area contributed by atoms with E-state index in [1.165, 1.54) is 15.6 Å². The Morgan fingerprint density at radius 1 is 0.615 bits per heavy atom. The summed E-state index contributed by atoms with van der Waals surface area (Å²) in [6.45, 7) is 2.19. The molecule has 0 aliphatic carbocycles. The average molecular weight is 520 g/mol. The number of aryl methyl sites for hydroxylation is 1. The molecule has 0 amide bonds. The highest BCUT2D eigenvalue weighted by molar-refractivity contribution is 7.26. The van der Waals surface area contributed by atoms with Crippen molar-refractivity contribution in [2.24, 2.45) is 0 Å². The van der Waals surface area contributed by atoms with Crippen LogP contribution in [0, 0.1) is 0 Å². The Balaban J connectivity index is 1.39. The van der Waals surface area contributed by atoms with Gasteiger partial charge in [-0.3, -0.25) is 4.98 Å². The Bertz CT molecular complexity index is 1930. The molecule has 0 atom stereocenters. The quantitative estimate of drug-likeness (QED) is 0.227. The monoisotopic (exact) mass is 519 g/mol. The van der Waals surface area contributed by atoms with Gasteiger partial charge in [-0.05, 0) is 53.4 Å². The van der Waals surface area contributed by atoms with Crippen molar-refractivity contribution in [3.63, 3.8) is 0 Å². The lowest BCUT2D eigenvalue weighted by Gasteiger charge is -2.11. The number of aromatic nitrogens is 3. The molecule has 0 saturated carbocycles. The molecule has 0 fully saturated rings. The summed E-state index contributed by atoms with van der Waals surface area (Å²) < 4.78 is 2.36. The smallest absolute Gasteiger partial charge is 0.160 e. The number of hydrogen-bond donors (Lipinski definition) is 0. The minimum atomic E-state index is 0.756. The fourth-order valence-electron chi connectivity index (χ4n) is 5.07. The molecule has 7 rings (SSSR count). The van der Waals surface area contributed by atoms with Crippen LogP contribution in [0.3, 0.4) is 0 Å². The third-order valence-electron chi connectivity index (χ3n) is 7.11. The van der Waals surface area contributed by atoms with Crippen molar-refractivity contribution in [3.8, 4) is 45.0 Å². The minimum absolute atomic E-state index is 0.756. The molecule has 0 aliphatic rings. The topological polar surface area (TPSA) is 38.7 Å². The molecule has 186 valence electrons. The second-order valence-electron chi connectivity index (χ2n) is 9.60. The van der Waals surface area contributed by atoms with Crippen LogP contribution in [0.4, 0.5) is 0 Å². The van der Waals surface area contributed by atoms with Gasteiger partial charge in [-0.2, -0.15) is 0 Å². The predicted molar refractivity (Wildman–Crippen MR) is 164 cm³/mol. The van der Waals surface area contributed by atoms with Crippen LogP contribution in [-0.4, -0.2) is 15.0 Å². The molecule has 3 aromatic heterocycles. The van der Waals surface area contributed by atoms with E-state index in [0.717, 1.165) is 61.7 Å². The molecule has 3 nitrogen and oxygen atoms in total. The Morgan fingerprint density at radius 3 is 2.15 bits per heavy atom. The summed E-state index contributed by atoms with van der Waals surface area (Å²) in [5.41, 5.74) is 9.82. The summed E-state index contributed by atoms with van der Waals surface area (Å²) in [7, 11) is 0. The molecule has 0 bridgehead atoms. The molecule has 0 saturated heterocycles. The normalized spacial score (nSPS) is 11.3. The maximum Gasteiger partial charge on any atom is 0.160 e. The fraction of sp³-hybridized carbons (Fsp3) is 0.0571. The number of fused-ring (bicyclic) bond motifs is 3. The first-order valence-electron chi connectivity index (χ1n) is 13.2. The largest absolute Gasteiger partial charge is 0.256 e. The lowest BCUT2D eigenvalue weighted by atomic mass is 9.97. The second kappa shape index (κ2) is 9.90. The number of rotatable bonds is 5. The summed E-state index contributed by atoms with van der Waals surface area (Å²) in [5.74, 6) is 0.756. The van der Waals surface area contributed by atoms with E-state index in [2.05, 4.69) is 103 Å². The van der Waals surface area contributed by atoms with Crippen molar-refractivity contribution in [3.05, 3.63) is 127 Å². The van der Waals surface area contributed by atoms with Crippen LogP contribution in [0.1, 0.15) is 12.5 Å². The SMILES string of the molecule is CCc1cc(-c2ccc(-c3ccccn3)cc2)cc(-c2nc(-c3ccccc3)c3sc4ccccc4c3n2)c1. The third-order valence-corrected chi connectivity index (χ3v) is 8.27. The maximum absolute atomic E-state index is 5.19. The van der Waals surface area contributed by atoms with Crippen LogP contribution in [0.25, 0.3) is 65.3 Å². The molecule has 3 heterocycles. The van der Waals surface area contributed by atoms with Crippen molar-refractivity contribution in [2.75, 3.05) is 0 Å². The number of nitrogens with zero attached hydrogens (tertiary/aromatic N) is 3. The summed E-state index contributed by atoms with van der Waals surface area (Å²) >= 11 is 1.76. The third kappa shape index (κ3) is 4.39.